The van der Waals surface area contributed by atoms with E-state index in [1.807, 2.05) is 13.1 Å². The highest BCUT2D eigenvalue weighted by molar-refractivity contribution is 5.19. The molecule has 15 heavy (non-hydrogen) atoms. The van der Waals surface area contributed by atoms with E-state index in [0.717, 1.165) is 31.8 Å². The van der Waals surface area contributed by atoms with Gasteiger partial charge in [-0.1, -0.05) is 0 Å². The van der Waals surface area contributed by atoms with Crippen LogP contribution in [0.2, 0.25) is 0 Å². The van der Waals surface area contributed by atoms with Crippen molar-refractivity contribution in [2.75, 3.05) is 20.3 Å². The third-order valence-corrected chi connectivity index (χ3v) is 3.23. The molecule has 0 spiro atoms. The molecule has 1 aromatic heterocycles. The first kappa shape index (κ1) is 10.7. The van der Waals surface area contributed by atoms with E-state index in [0.29, 0.717) is 12.0 Å². The number of rotatable bonds is 3. The molecule has 1 aliphatic rings. The molecule has 0 bridgehead atoms. The SMILES string of the molecule is CNC(c1occc1C)C1CCOCC1. The maximum Gasteiger partial charge on any atom is 0.123 e. The normalized spacial score (nSPS) is 20.4. The molecule has 2 heterocycles. The number of nitrogens with one attached hydrogen (secondary N) is 1. The second kappa shape index (κ2) is 4.81. The van der Waals surface area contributed by atoms with Gasteiger partial charge in [0.25, 0.3) is 0 Å². The summed E-state index contributed by atoms with van der Waals surface area (Å²) in [6, 6.07) is 2.36. The van der Waals surface area contributed by atoms with Gasteiger partial charge in [0.05, 0.1) is 12.3 Å². The van der Waals surface area contributed by atoms with Crippen molar-refractivity contribution < 1.29 is 9.15 Å². The molecule has 0 aliphatic carbocycles. The Labute approximate surface area is 90.8 Å². The first-order chi connectivity index (χ1) is 7.33. The Morgan fingerprint density at radius 1 is 1.40 bits per heavy atom. The van der Waals surface area contributed by atoms with Crippen LogP contribution < -0.4 is 5.32 Å². The molecule has 0 radical (unpaired) electrons. The molecule has 1 saturated heterocycles. The molecule has 1 aromatic rings. The summed E-state index contributed by atoms with van der Waals surface area (Å²) in [6.45, 7) is 3.85. The molecule has 0 aromatic carbocycles. The van der Waals surface area contributed by atoms with E-state index in [9.17, 15) is 0 Å². The van der Waals surface area contributed by atoms with Gasteiger partial charge in [-0.3, -0.25) is 0 Å². The van der Waals surface area contributed by atoms with Crippen molar-refractivity contribution in [1.29, 1.82) is 0 Å². The minimum Gasteiger partial charge on any atom is -0.467 e. The van der Waals surface area contributed by atoms with E-state index < -0.39 is 0 Å². The summed E-state index contributed by atoms with van der Waals surface area (Å²) < 4.78 is 11.0. The second-order valence-electron chi connectivity index (χ2n) is 4.18. The Morgan fingerprint density at radius 3 is 2.67 bits per heavy atom. The van der Waals surface area contributed by atoms with Crippen LogP contribution in [0.5, 0.6) is 0 Å². The van der Waals surface area contributed by atoms with Gasteiger partial charge in [0.15, 0.2) is 0 Å². The zero-order valence-corrected chi connectivity index (χ0v) is 9.45. The monoisotopic (exact) mass is 209 g/mol. The van der Waals surface area contributed by atoms with E-state index in [2.05, 4.69) is 12.2 Å². The topological polar surface area (TPSA) is 34.4 Å². The van der Waals surface area contributed by atoms with Crippen LogP contribution in [0.1, 0.15) is 30.2 Å². The fraction of sp³-hybridized carbons (Fsp3) is 0.667. The number of hydrogen-bond donors (Lipinski definition) is 1. The predicted octanol–water partition coefficient (Wildman–Crippen LogP) is 2.28. The smallest absolute Gasteiger partial charge is 0.123 e. The van der Waals surface area contributed by atoms with Gasteiger partial charge in [0, 0.05) is 13.2 Å². The van der Waals surface area contributed by atoms with Crippen LogP contribution in [0.15, 0.2) is 16.7 Å². The molecule has 1 atom stereocenters. The molecule has 0 amide bonds. The van der Waals surface area contributed by atoms with E-state index in [1.165, 1.54) is 5.56 Å². The molecule has 1 aliphatic heterocycles. The quantitative estimate of drug-likeness (QED) is 0.829. The van der Waals surface area contributed by atoms with E-state index in [1.54, 1.807) is 6.26 Å². The van der Waals surface area contributed by atoms with Crippen molar-refractivity contribution in [2.24, 2.45) is 5.92 Å². The van der Waals surface area contributed by atoms with Crippen molar-refractivity contribution in [3.05, 3.63) is 23.7 Å². The summed E-state index contributed by atoms with van der Waals surface area (Å²) in [5, 5.41) is 3.37. The lowest BCUT2D eigenvalue weighted by molar-refractivity contribution is 0.0516. The van der Waals surface area contributed by atoms with Gasteiger partial charge in [-0.25, -0.2) is 0 Å². The van der Waals surface area contributed by atoms with E-state index in [-0.39, 0.29) is 0 Å². The Balaban J connectivity index is 2.12. The maximum absolute atomic E-state index is 5.57. The molecule has 3 heteroatoms. The van der Waals surface area contributed by atoms with Gasteiger partial charge < -0.3 is 14.5 Å². The number of furan rings is 1. The van der Waals surface area contributed by atoms with Gasteiger partial charge >= 0.3 is 0 Å². The van der Waals surface area contributed by atoms with Crippen LogP contribution in [0.3, 0.4) is 0 Å². The molecule has 0 saturated carbocycles. The van der Waals surface area contributed by atoms with Crippen LogP contribution in [0.4, 0.5) is 0 Å². The van der Waals surface area contributed by atoms with Crippen LogP contribution >= 0.6 is 0 Å². The van der Waals surface area contributed by atoms with Crippen molar-refractivity contribution in [3.8, 4) is 0 Å². The number of aryl methyl sites for hydroxylation is 1. The zero-order valence-electron chi connectivity index (χ0n) is 9.45. The lowest BCUT2D eigenvalue weighted by Crippen LogP contribution is -2.30. The van der Waals surface area contributed by atoms with Gasteiger partial charge in [0.1, 0.15) is 5.76 Å². The Bertz CT molecular complexity index is 302. The minimum atomic E-state index is 0.337. The fourth-order valence-corrected chi connectivity index (χ4v) is 2.33. The van der Waals surface area contributed by atoms with Crippen molar-refractivity contribution in [3.63, 3.8) is 0 Å². The molecular formula is C12H19NO2. The number of hydrogen-bond acceptors (Lipinski definition) is 3. The van der Waals surface area contributed by atoms with Crippen LogP contribution in [-0.4, -0.2) is 20.3 Å². The van der Waals surface area contributed by atoms with E-state index >= 15 is 0 Å². The van der Waals surface area contributed by atoms with Crippen molar-refractivity contribution in [1.82, 2.24) is 5.32 Å². The lowest BCUT2D eigenvalue weighted by atomic mass is 9.89. The molecule has 2 rings (SSSR count). The van der Waals surface area contributed by atoms with Crippen LogP contribution in [0.25, 0.3) is 0 Å². The Kier molecular flexibility index (Phi) is 3.44. The zero-order chi connectivity index (χ0) is 10.7. The summed E-state index contributed by atoms with van der Waals surface area (Å²) in [6.07, 6.45) is 4.01. The molecule has 3 nitrogen and oxygen atoms in total. The summed E-state index contributed by atoms with van der Waals surface area (Å²) in [5.41, 5.74) is 1.24. The third-order valence-electron chi connectivity index (χ3n) is 3.23. The first-order valence-corrected chi connectivity index (χ1v) is 5.62. The van der Waals surface area contributed by atoms with Gasteiger partial charge in [0.2, 0.25) is 0 Å². The first-order valence-electron chi connectivity index (χ1n) is 5.62. The predicted molar refractivity (Wildman–Crippen MR) is 58.8 cm³/mol. The molecule has 84 valence electrons. The van der Waals surface area contributed by atoms with Gasteiger partial charge in [-0.2, -0.15) is 0 Å². The van der Waals surface area contributed by atoms with E-state index in [4.69, 9.17) is 9.15 Å². The highest BCUT2D eigenvalue weighted by Gasteiger charge is 2.27. The highest BCUT2D eigenvalue weighted by atomic mass is 16.5. The number of ether oxygens (including phenoxy) is 1. The summed E-state index contributed by atoms with van der Waals surface area (Å²) >= 11 is 0. The largest absolute Gasteiger partial charge is 0.467 e. The average Bonchev–Trinajstić information content (AvgIpc) is 2.68. The summed E-state index contributed by atoms with van der Waals surface area (Å²) in [5.74, 6) is 1.72. The summed E-state index contributed by atoms with van der Waals surface area (Å²) in [7, 11) is 2.00. The van der Waals surface area contributed by atoms with Crippen LogP contribution in [0, 0.1) is 12.8 Å². The average molecular weight is 209 g/mol. The van der Waals surface area contributed by atoms with Gasteiger partial charge in [-0.05, 0) is 44.4 Å². The summed E-state index contributed by atoms with van der Waals surface area (Å²) in [4.78, 5) is 0. The highest BCUT2D eigenvalue weighted by Crippen LogP contribution is 2.31. The molecule has 1 unspecified atom stereocenters. The maximum atomic E-state index is 5.57. The molecular weight excluding hydrogens is 190 g/mol. The Hall–Kier alpha value is -0.800. The van der Waals surface area contributed by atoms with Gasteiger partial charge in [-0.15, -0.1) is 0 Å². The standard InChI is InChI=1S/C12H19NO2/c1-9-3-8-15-12(9)11(13-2)10-4-6-14-7-5-10/h3,8,10-11,13H,4-7H2,1-2H3. The van der Waals surface area contributed by atoms with Crippen molar-refractivity contribution in [2.45, 2.75) is 25.8 Å². The van der Waals surface area contributed by atoms with Crippen LogP contribution in [-0.2, 0) is 4.74 Å². The third kappa shape index (κ3) is 2.24. The second-order valence-corrected chi connectivity index (χ2v) is 4.18. The Morgan fingerprint density at radius 2 is 2.13 bits per heavy atom. The molecule has 1 N–H and O–H groups in total. The lowest BCUT2D eigenvalue weighted by Gasteiger charge is -2.29. The minimum absolute atomic E-state index is 0.337. The van der Waals surface area contributed by atoms with Crippen molar-refractivity contribution >= 4 is 0 Å². The fourth-order valence-electron chi connectivity index (χ4n) is 2.33. The molecule has 1 fully saturated rings.